The molecule has 0 saturated carbocycles. The van der Waals surface area contributed by atoms with Crippen LogP contribution in [0.3, 0.4) is 0 Å². The van der Waals surface area contributed by atoms with Gasteiger partial charge in [0.05, 0.1) is 26.2 Å². The fourth-order valence-corrected chi connectivity index (χ4v) is 5.00. The van der Waals surface area contributed by atoms with E-state index in [0.29, 0.717) is 21.9 Å². The zero-order valence-electron chi connectivity index (χ0n) is 26.6. The number of rotatable bonds is 15. The molecular weight excluding hydrogens is 744 g/mol. The van der Waals surface area contributed by atoms with Crippen LogP contribution in [0.25, 0.3) is 0 Å². The second-order valence-corrected chi connectivity index (χ2v) is 11.6. The van der Waals surface area contributed by atoms with Crippen molar-refractivity contribution >= 4 is 23.5 Å². The lowest BCUT2D eigenvalue weighted by molar-refractivity contribution is -0.376. The molecule has 0 aliphatic carbocycles. The molecule has 52 heavy (non-hydrogen) atoms. The summed E-state index contributed by atoms with van der Waals surface area (Å²) in [5.74, 6) is -6.70. The summed E-state index contributed by atoms with van der Waals surface area (Å²) in [5, 5.41) is 38.5. The molecule has 0 aromatic heterocycles. The number of carbonyl (C=O) groups is 4. The highest BCUT2D eigenvalue weighted by atomic mass is 19.4. The van der Waals surface area contributed by atoms with Gasteiger partial charge >= 0.3 is 36.6 Å². The van der Waals surface area contributed by atoms with Crippen LogP contribution in [-0.4, -0.2) is 118 Å². The van der Waals surface area contributed by atoms with E-state index >= 15 is 0 Å². The van der Waals surface area contributed by atoms with Crippen LogP contribution in [0, 0.1) is 13.8 Å². The van der Waals surface area contributed by atoms with Gasteiger partial charge in [-0.25, -0.2) is 0 Å². The van der Waals surface area contributed by atoms with Crippen molar-refractivity contribution in [2.45, 2.75) is 49.8 Å². The molecule has 2 aromatic carbocycles. The van der Waals surface area contributed by atoms with Gasteiger partial charge in [-0.15, -0.1) is 0 Å². The summed E-state index contributed by atoms with van der Waals surface area (Å²) in [7, 11) is 0. The van der Waals surface area contributed by atoms with Crippen LogP contribution in [0.15, 0.2) is 36.4 Å². The molecule has 0 atom stereocenters. The lowest BCUT2D eigenvalue weighted by Crippen LogP contribution is -2.55. The molecule has 290 valence electrons. The average Bonchev–Trinajstić information content (AvgIpc) is 2.95. The molecule has 0 heterocycles. The lowest BCUT2D eigenvalue weighted by atomic mass is 9.85. The first-order valence-electron chi connectivity index (χ1n) is 14.3. The van der Waals surface area contributed by atoms with Crippen LogP contribution in [-0.2, 0) is 20.8 Å². The van der Waals surface area contributed by atoms with Crippen LogP contribution in [0.4, 0.5) is 52.7 Å². The Kier molecular flexibility index (Phi) is 13.0. The van der Waals surface area contributed by atoms with Crippen molar-refractivity contribution in [1.82, 2.24) is 9.80 Å². The van der Waals surface area contributed by atoms with Gasteiger partial charge in [-0.1, -0.05) is 47.5 Å². The van der Waals surface area contributed by atoms with E-state index in [0.717, 1.165) is 26.0 Å². The van der Waals surface area contributed by atoms with E-state index < -0.39 is 121 Å². The fraction of sp³-hybridized carbons (Fsp3) is 0.467. The number of carboxylic acid groups (broad SMARTS) is 2. The molecule has 0 bridgehead atoms. The van der Waals surface area contributed by atoms with Gasteiger partial charge in [0.15, 0.2) is 11.6 Å². The number of ketones is 2. The summed E-state index contributed by atoms with van der Waals surface area (Å²) in [5.41, 5.74) is -18.3. The molecule has 4 N–H and O–H groups in total. The number of carbonyl (C=O) groups excluding carboxylic acids is 2. The summed E-state index contributed by atoms with van der Waals surface area (Å²) >= 11 is 0. The zero-order valence-corrected chi connectivity index (χ0v) is 26.6. The number of nitrogens with zero attached hydrogens (tertiary/aromatic N) is 2. The van der Waals surface area contributed by atoms with Crippen molar-refractivity contribution in [3.63, 3.8) is 0 Å². The van der Waals surface area contributed by atoms with Crippen molar-refractivity contribution in [2.24, 2.45) is 0 Å². The number of aryl methyl sites for hydroxylation is 2. The number of benzene rings is 2. The number of hydrogen-bond donors (Lipinski definition) is 4. The molecule has 0 amide bonds. The Morgan fingerprint density at radius 2 is 0.788 bits per heavy atom. The maximum Gasteiger partial charge on any atom is 0.430 e. The largest absolute Gasteiger partial charge is 0.480 e. The normalized spacial score (nSPS) is 13.5. The van der Waals surface area contributed by atoms with Crippen LogP contribution < -0.4 is 0 Å². The third-order valence-corrected chi connectivity index (χ3v) is 7.56. The molecule has 2 rings (SSSR count). The number of halogens is 12. The van der Waals surface area contributed by atoms with Crippen molar-refractivity contribution in [2.75, 3.05) is 39.3 Å². The van der Waals surface area contributed by atoms with Crippen molar-refractivity contribution < 1.29 is 92.3 Å². The highest BCUT2D eigenvalue weighted by Crippen LogP contribution is 2.52. The maximum absolute atomic E-state index is 13.7. The van der Waals surface area contributed by atoms with Crippen molar-refractivity contribution in [3.8, 4) is 0 Å². The fourth-order valence-electron chi connectivity index (χ4n) is 5.00. The molecule has 10 nitrogen and oxygen atoms in total. The Bertz CT molecular complexity index is 1520. The number of hydrogen-bond acceptors (Lipinski definition) is 8. The van der Waals surface area contributed by atoms with Gasteiger partial charge in [0.25, 0.3) is 11.2 Å². The van der Waals surface area contributed by atoms with Crippen LogP contribution in [0.1, 0.15) is 43.0 Å². The van der Waals surface area contributed by atoms with Crippen LogP contribution in [0.5, 0.6) is 0 Å². The first kappa shape index (κ1) is 43.9. The number of aliphatic hydroxyl groups is 2. The van der Waals surface area contributed by atoms with Gasteiger partial charge in [0, 0.05) is 35.3 Å². The van der Waals surface area contributed by atoms with Gasteiger partial charge in [-0.3, -0.25) is 29.0 Å². The van der Waals surface area contributed by atoms with E-state index in [1.165, 1.54) is 0 Å². The van der Waals surface area contributed by atoms with Crippen LogP contribution in [0.2, 0.25) is 0 Å². The number of carboxylic acids is 2. The van der Waals surface area contributed by atoms with E-state index in [2.05, 4.69) is 0 Å². The average molecular weight is 773 g/mol. The molecule has 0 aliphatic heterocycles. The molecule has 2 aromatic rings. The molecule has 0 aliphatic rings. The zero-order chi connectivity index (χ0) is 40.4. The summed E-state index contributed by atoms with van der Waals surface area (Å²) in [6.07, 6.45) is -25.7. The Hall–Kier alpha value is -4.28. The predicted octanol–water partition coefficient (Wildman–Crippen LogP) is 4.77. The third-order valence-electron chi connectivity index (χ3n) is 7.56. The predicted molar refractivity (Wildman–Crippen MR) is 151 cm³/mol. The van der Waals surface area contributed by atoms with E-state index in [-0.39, 0.29) is 23.3 Å². The van der Waals surface area contributed by atoms with Gasteiger partial charge in [-0.05, 0) is 13.8 Å². The van der Waals surface area contributed by atoms with Gasteiger partial charge in [0.2, 0.25) is 0 Å². The Labute approximate surface area is 284 Å². The second kappa shape index (κ2) is 15.4. The molecule has 22 heteroatoms. The van der Waals surface area contributed by atoms with Gasteiger partial charge < -0.3 is 20.4 Å². The van der Waals surface area contributed by atoms with Crippen LogP contribution >= 0.6 is 0 Å². The molecule has 0 fully saturated rings. The standard InChI is InChI=1S/C30H28F12N2O8/c1-15-3-5-17(19(9-15)25(51,27(31,32)33)28(34,35)36)21(45)11-43(13-23(47)48)7-8-44(14-24(49)50)12-22(46)18-6-4-16(2)10-20(18)26(52,29(37,38)39)30(40,41)42/h3-6,9-10,51-52H,7-8,11-14H2,1-2H3,(H,47,48)(H,49,50). The Morgan fingerprint density at radius 1 is 0.519 bits per heavy atom. The minimum atomic E-state index is -6.42. The smallest absolute Gasteiger partial charge is 0.430 e. The number of aliphatic carboxylic acids is 2. The van der Waals surface area contributed by atoms with Crippen molar-refractivity contribution in [1.29, 1.82) is 0 Å². The topological polar surface area (TPSA) is 156 Å². The highest BCUT2D eigenvalue weighted by molar-refractivity contribution is 6.00. The van der Waals surface area contributed by atoms with Gasteiger partial charge in [-0.2, -0.15) is 52.7 Å². The number of Topliss-reactive ketones (excluding diaryl/α,β-unsaturated/α-hetero) is 2. The Balaban J connectivity index is 2.51. The van der Waals surface area contributed by atoms with Crippen molar-refractivity contribution in [3.05, 3.63) is 69.8 Å². The Morgan fingerprint density at radius 3 is 1.02 bits per heavy atom. The van der Waals surface area contributed by atoms with E-state index in [4.69, 9.17) is 0 Å². The monoisotopic (exact) mass is 772 g/mol. The first-order chi connectivity index (χ1) is 23.4. The minimum Gasteiger partial charge on any atom is -0.480 e. The number of alkyl halides is 12. The quantitative estimate of drug-likeness (QED) is 0.147. The summed E-state index contributed by atoms with van der Waals surface area (Å²) < 4.78 is 164. The van der Waals surface area contributed by atoms with E-state index in [9.17, 15) is 92.3 Å². The molecule has 0 spiro atoms. The van der Waals surface area contributed by atoms with E-state index in [1.54, 1.807) is 0 Å². The molecule has 0 unspecified atom stereocenters. The molecular formula is C30H28F12N2O8. The molecule has 0 saturated heterocycles. The minimum absolute atomic E-state index is 0.230. The molecule has 0 radical (unpaired) electrons. The highest BCUT2D eigenvalue weighted by Gasteiger charge is 2.73. The summed E-state index contributed by atoms with van der Waals surface area (Å²) in [4.78, 5) is 50.4. The van der Waals surface area contributed by atoms with E-state index in [1.807, 2.05) is 0 Å². The summed E-state index contributed by atoms with van der Waals surface area (Å²) in [6.45, 7) is -4.59. The lowest BCUT2D eigenvalue weighted by Gasteiger charge is -2.34. The maximum atomic E-state index is 13.7. The van der Waals surface area contributed by atoms with Gasteiger partial charge in [0.1, 0.15) is 0 Å². The first-order valence-corrected chi connectivity index (χ1v) is 14.3. The third kappa shape index (κ3) is 9.38. The second-order valence-electron chi connectivity index (χ2n) is 11.6. The SMILES string of the molecule is Cc1ccc(C(=O)CN(CCN(CC(=O)O)CC(=O)c2ccc(C)cc2C(O)(C(F)(F)F)C(F)(F)F)CC(=O)O)c(C(O)(C(F)(F)F)C(F)(F)F)c1. The summed E-state index contributed by atoms with van der Waals surface area (Å²) in [6, 6.07) is 3.28.